The second-order valence-electron chi connectivity index (χ2n) is 7.43. The lowest BCUT2D eigenvalue weighted by atomic mass is 10.2. The van der Waals surface area contributed by atoms with Gasteiger partial charge in [0.1, 0.15) is 0 Å². The number of carboxylic acids is 1. The molecule has 1 aromatic carbocycles. The van der Waals surface area contributed by atoms with E-state index in [0.717, 1.165) is 62.1 Å². The molecule has 0 radical (unpaired) electrons. The molecule has 0 fully saturated rings. The Kier molecular flexibility index (Phi) is 9.92. The molecule has 1 N–H and O–H groups in total. The van der Waals surface area contributed by atoms with Crippen LogP contribution < -0.4 is 4.57 Å². The largest absolute Gasteiger partial charge is 0.481 e. The number of hydrogen-bond donors (Lipinski definition) is 1. The standard InChI is InChI=1S/C22H30Cl2N2O4/c1-3-30-22(29)11-7-5-9-13-26-16(2)25(12-8-4-6-10-21(27)28)19-14-17(23)18(24)15-20(19)26/h14-15H,3-13H2,1-2H3/p+1. The molecule has 0 amide bonds. The van der Waals surface area contributed by atoms with E-state index in [1.54, 1.807) is 0 Å². The summed E-state index contributed by atoms with van der Waals surface area (Å²) in [5.74, 6) is 0.231. The number of carboxylic acid groups (broad SMARTS) is 1. The van der Waals surface area contributed by atoms with Gasteiger partial charge in [-0.3, -0.25) is 9.59 Å². The molecule has 0 saturated heterocycles. The van der Waals surface area contributed by atoms with E-state index >= 15 is 0 Å². The van der Waals surface area contributed by atoms with Gasteiger partial charge in [0.25, 0.3) is 5.82 Å². The number of nitrogens with zero attached hydrogens (tertiary/aromatic N) is 2. The molecule has 8 heteroatoms. The van der Waals surface area contributed by atoms with E-state index in [1.807, 2.05) is 19.1 Å². The third-order valence-electron chi connectivity index (χ3n) is 5.22. The van der Waals surface area contributed by atoms with Crippen LogP contribution in [0.1, 0.15) is 64.1 Å². The van der Waals surface area contributed by atoms with Gasteiger partial charge in [0, 0.05) is 31.9 Å². The van der Waals surface area contributed by atoms with Crippen molar-refractivity contribution in [2.75, 3.05) is 6.61 Å². The highest BCUT2D eigenvalue weighted by Gasteiger charge is 2.22. The minimum atomic E-state index is -0.750. The SMILES string of the molecule is CCOC(=O)CCCCCn1c(C)[n+](CCCCCC(=O)O)c2cc(Cl)c(Cl)cc21. The molecule has 0 bridgehead atoms. The number of rotatable bonds is 13. The number of fused-ring (bicyclic) bond motifs is 1. The molecule has 0 spiro atoms. The lowest BCUT2D eigenvalue weighted by Gasteiger charge is -2.03. The molecule has 166 valence electrons. The number of ether oxygens (including phenoxy) is 1. The molecule has 1 heterocycles. The van der Waals surface area contributed by atoms with Crippen molar-refractivity contribution < 1.29 is 24.0 Å². The first kappa shape index (κ1) is 24.5. The lowest BCUT2D eigenvalue weighted by molar-refractivity contribution is -0.678. The minimum absolute atomic E-state index is 0.137. The summed E-state index contributed by atoms with van der Waals surface area (Å²) in [6.07, 6.45) is 5.80. The molecule has 0 aliphatic heterocycles. The monoisotopic (exact) mass is 457 g/mol. The van der Waals surface area contributed by atoms with E-state index in [0.29, 0.717) is 29.5 Å². The van der Waals surface area contributed by atoms with Crippen LogP contribution in [0, 0.1) is 6.92 Å². The van der Waals surface area contributed by atoms with Crippen LogP contribution in [0.15, 0.2) is 12.1 Å². The molecule has 0 unspecified atom stereocenters. The predicted molar refractivity (Wildman–Crippen MR) is 118 cm³/mol. The second-order valence-corrected chi connectivity index (χ2v) is 8.24. The molecule has 2 aromatic rings. The van der Waals surface area contributed by atoms with E-state index in [4.69, 9.17) is 33.0 Å². The summed E-state index contributed by atoms with van der Waals surface area (Å²) in [7, 11) is 0. The first-order valence-corrected chi connectivity index (χ1v) is 11.4. The Balaban J connectivity index is 2.06. The van der Waals surface area contributed by atoms with E-state index in [9.17, 15) is 9.59 Å². The van der Waals surface area contributed by atoms with Gasteiger partial charge in [-0.1, -0.05) is 23.2 Å². The molecule has 0 saturated carbocycles. The third-order valence-corrected chi connectivity index (χ3v) is 5.94. The molecule has 0 aliphatic carbocycles. The van der Waals surface area contributed by atoms with Gasteiger partial charge in [0.05, 0.1) is 29.7 Å². The fourth-order valence-electron chi connectivity index (χ4n) is 3.69. The fraction of sp³-hybridized carbons (Fsp3) is 0.591. The number of halogens is 2. The Morgan fingerprint density at radius 3 is 2.40 bits per heavy atom. The third kappa shape index (κ3) is 6.88. The van der Waals surface area contributed by atoms with Crippen LogP contribution in [0.5, 0.6) is 0 Å². The molecule has 0 aliphatic rings. The van der Waals surface area contributed by atoms with Crippen LogP contribution in [0.4, 0.5) is 0 Å². The number of esters is 1. The molecule has 6 nitrogen and oxygen atoms in total. The predicted octanol–water partition coefficient (Wildman–Crippen LogP) is 5.31. The van der Waals surface area contributed by atoms with Gasteiger partial charge < -0.3 is 9.84 Å². The van der Waals surface area contributed by atoms with Crippen molar-refractivity contribution in [1.29, 1.82) is 0 Å². The average Bonchev–Trinajstić information content (AvgIpc) is 2.92. The fourth-order valence-corrected chi connectivity index (χ4v) is 4.00. The van der Waals surface area contributed by atoms with Crippen molar-refractivity contribution >= 4 is 46.2 Å². The number of unbranched alkanes of at least 4 members (excludes halogenated alkanes) is 4. The Morgan fingerprint density at radius 2 is 1.70 bits per heavy atom. The van der Waals surface area contributed by atoms with Crippen molar-refractivity contribution in [2.24, 2.45) is 0 Å². The Labute approximate surface area is 187 Å². The van der Waals surface area contributed by atoms with E-state index in [-0.39, 0.29) is 12.4 Å². The number of carbonyl (C=O) groups is 2. The van der Waals surface area contributed by atoms with Gasteiger partial charge in [0.15, 0.2) is 11.0 Å². The second kappa shape index (κ2) is 12.2. The zero-order chi connectivity index (χ0) is 22.1. The number of aliphatic carboxylic acids is 1. The number of imidazole rings is 1. The van der Waals surface area contributed by atoms with E-state index in [2.05, 4.69) is 16.1 Å². The summed E-state index contributed by atoms with van der Waals surface area (Å²) in [5, 5.41) is 9.84. The summed E-state index contributed by atoms with van der Waals surface area (Å²) in [6.45, 7) is 5.95. The van der Waals surface area contributed by atoms with Crippen molar-refractivity contribution in [1.82, 2.24) is 4.57 Å². The van der Waals surface area contributed by atoms with Crippen molar-refractivity contribution in [3.63, 3.8) is 0 Å². The molecule has 30 heavy (non-hydrogen) atoms. The Bertz CT molecular complexity index is 880. The summed E-state index contributed by atoms with van der Waals surface area (Å²) >= 11 is 12.6. The minimum Gasteiger partial charge on any atom is -0.481 e. The maximum absolute atomic E-state index is 11.5. The number of carbonyl (C=O) groups excluding carboxylic acids is 1. The summed E-state index contributed by atoms with van der Waals surface area (Å²) < 4.78 is 9.45. The van der Waals surface area contributed by atoms with Crippen LogP contribution in [0.3, 0.4) is 0 Å². The first-order valence-electron chi connectivity index (χ1n) is 10.6. The molecule has 1 aromatic heterocycles. The van der Waals surface area contributed by atoms with Crippen molar-refractivity contribution in [3.05, 3.63) is 28.0 Å². The molecule has 0 atom stereocenters. The van der Waals surface area contributed by atoms with Crippen LogP contribution >= 0.6 is 23.2 Å². The highest BCUT2D eigenvalue weighted by atomic mass is 35.5. The van der Waals surface area contributed by atoms with E-state index in [1.165, 1.54) is 0 Å². The van der Waals surface area contributed by atoms with Crippen LogP contribution in [-0.4, -0.2) is 28.2 Å². The van der Waals surface area contributed by atoms with Crippen LogP contribution in [0.2, 0.25) is 10.0 Å². The number of benzene rings is 1. The zero-order valence-corrected chi connectivity index (χ0v) is 19.3. The topological polar surface area (TPSA) is 72.4 Å². The van der Waals surface area contributed by atoms with Gasteiger partial charge in [-0.05, 0) is 45.4 Å². The quantitative estimate of drug-likeness (QED) is 0.251. The number of aromatic nitrogens is 2. The average molecular weight is 458 g/mol. The van der Waals surface area contributed by atoms with Gasteiger partial charge in [0.2, 0.25) is 0 Å². The zero-order valence-electron chi connectivity index (χ0n) is 17.8. The Morgan fingerprint density at radius 1 is 1.03 bits per heavy atom. The van der Waals surface area contributed by atoms with Crippen molar-refractivity contribution in [2.45, 2.75) is 78.3 Å². The van der Waals surface area contributed by atoms with Gasteiger partial charge in [-0.2, -0.15) is 0 Å². The maximum atomic E-state index is 11.5. The first-order chi connectivity index (χ1) is 14.3. The highest BCUT2D eigenvalue weighted by Crippen LogP contribution is 2.28. The Hall–Kier alpha value is -1.79. The normalized spacial score (nSPS) is 11.2. The van der Waals surface area contributed by atoms with Crippen LogP contribution in [0.25, 0.3) is 11.0 Å². The maximum Gasteiger partial charge on any atom is 0.305 e. The summed E-state index contributed by atoms with van der Waals surface area (Å²) in [6, 6.07) is 3.81. The lowest BCUT2D eigenvalue weighted by Crippen LogP contribution is -2.36. The molecular formula is C22H31Cl2N2O4+. The molecular weight excluding hydrogens is 427 g/mol. The number of aryl methyl sites for hydroxylation is 2. The molecule has 2 rings (SSSR count). The summed E-state index contributed by atoms with van der Waals surface area (Å²) in [5.41, 5.74) is 2.07. The van der Waals surface area contributed by atoms with Gasteiger partial charge >= 0.3 is 11.9 Å². The number of hydrogen-bond acceptors (Lipinski definition) is 3. The van der Waals surface area contributed by atoms with Crippen LogP contribution in [-0.2, 0) is 27.4 Å². The van der Waals surface area contributed by atoms with Gasteiger partial charge in [-0.25, -0.2) is 9.13 Å². The highest BCUT2D eigenvalue weighted by molar-refractivity contribution is 6.42. The van der Waals surface area contributed by atoms with E-state index < -0.39 is 5.97 Å². The summed E-state index contributed by atoms with van der Waals surface area (Å²) in [4.78, 5) is 22.2. The van der Waals surface area contributed by atoms with Crippen molar-refractivity contribution in [3.8, 4) is 0 Å². The van der Waals surface area contributed by atoms with Gasteiger partial charge in [-0.15, -0.1) is 0 Å². The smallest absolute Gasteiger partial charge is 0.305 e.